The number of hydrogen-bond donors (Lipinski definition) is 3. The number of likely N-dealkylation sites (tertiary alicyclic amines) is 1. The first kappa shape index (κ1) is 24.6. The number of alkyl halides is 2. The van der Waals surface area contributed by atoms with Crippen LogP contribution in [0.3, 0.4) is 0 Å². The summed E-state index contributed by atoms with van der Waals surface area (Å²) < 4.78 is 46.4. The highest BCUT2D eigenvalue weighted by atomic mass is 19.3. The zero-order chi connectivity index (χ0) is 26.0. The minimum Gasteiger partial charge on any atom is -0.449 e. The topological polar surface area (TPSA) is 112 Å². The average molecular weight is 515 g/mol. The van der Waals surface area contributed by atoms with Crippen molar-refractivity contribution in [3.8, 4) is 0 Å². The lowest BCUT2D eigenvalue weighted by Crippen LogP contribution is -2.56. The molecule has 13 heteroatoms. The van der Waals surface area contributed by atoms with E-state index in [2.05, 4.69) is 30.9 Å². The molecule has 0 aliphatic carbocycles. The molecule has 1 aliphatic heterocycles. The molecule has 1 aromatic carbocycles. The number of halogens is 3. The fraction of sp³-hybridized carbons (Fsp3) is 0.333. The number of aryl methyl sites for hydroxylation is 1. The fourth-order valence-corrected chi connectivity index (χ4v) is 4.10. The van der Waals surface area contributed by atoms with Gasteiger partial charge in [-0.3, -0.25) is 10.00 Å². The normalized spacial score (nSPS) is 15.8. The van der Waals surface area contributed by atoms with Gasteiger partial charge in [0, 0.05) is 24.5 Å². The number of fused-ring (bicyclic) bond motifs is 1. The quantitative estimate of drug-likeness (QED) is 0.291. The number of H-pyrrole nitrogens is 1. The van der Waals surface area contributed by atoms with Crippen molar-refractivity contribution in [3.63, 3.8) is 0 Å². The number of aromatic nitrogens is 5. The van der Waals surface area contributed by atoms with Crippen molar-refractivity contribution in [1.29, 1.82) is 0 Å². The van der Waals surface area contributed by atoms with Gasteiger partial charge in [-0.2, -0.15) is 5.10 Å². The molecule has 1 unspecified atom stereocenters. The third-order valence-corrected chi connectivity index (χ3v) is 5.85. The van der Waals surface area contributed by atoms with Gasteiger partial charge in [-0.1, -0.05) is 12.1 Å². The molecule has 3 aromatic heterocycles. The number of amides is 1. The van der Waals surface area contributed by atoms with Gasteiger partial charge in [0.2, 0.25) is 0 Å². The molecule has 4 heterocycles. The molecule has 1 aliphatic rings. The zero-order valence-electron chi connectivity index (χ0n) is 19.9. The summed E-state index contributed by atoms with van der Waals surface area (Å²) in [5, 5.41) is 17.5. The molecule has 1 fully saturated rings. The van der Waals surface area contributed by atoms with Gasteiger partial charge in [-0.15, -0.1) is 5.10 Å². The summed E-state index contributed by atoms with van der Waals surface area (Å²) in [4.78, 5) is 18.9. The average Bonchev–Trinajstić information content (AvgIpc) is 3.48. The van der Waals surface area contributed by atoms with Crippen LogP contribution < -0.4 is 10.6 Å². The molecule has 1 amide bonds. The van der Waals surface area contributed by atoms with Gasteiger partial charge >= 0.3 is 6.09 Å². The highest BCUT2D eigenvalue weighted by Crippen LogP contribution is 2.27. The molecule has 194 valence electrons. The Labute approximate surface area is 209 Å². The maximum atomic E-state index is 13.6. The summed E-state index contributed by atoms with van der Waals surface area (Å²) >= 11 is 0. The van der Waals surface area contributed by atoms with Crippen molar-refractivity contribution in [2.75, 3.05) is 31.6 Å². The molecular weight excluding hydrogens is 489 g/mol. The van der Waals surface area contributed by atoms with Crippen LogP contribution in [0.25, 0.3) is 5.52 Å². The number of alkyl carbamates (subject to hydrolysis) is 1. The summed E-state index contributed by atoms with van der Waals surface area (Å²) in [6.07, 6.45) is 1.41. The van der Waals surface area contributed by atoms with Gasteiger partial charge < -0.3 is 15.4 Å². The van der Waals surface area contributed by atoms with E-state index >= 15 is 0 Å². The summed E-state index contributed by atoms with van der Waals surface area (Å²) in [6.45, 7) is 1.76. The number of benzene rings is 1. The van der Waals surface area contributed by atoms with E-state index in [9.17, 15) is 18.0 Å². The Hall–Kier alpha value is -4.13. The molecule has 0 saturated carbocycles. The molecule has 0 spiro atoms. The minimum atomic E-state index is -2.63. The number of ether oxygens (including phenoxy) is 1. The molecule has 10 nitrogen and oxygen atoms in total. The van der Waals surface area contributed by atoms with Crippen LogP contribution in [-0.2, 0) is 4.74 Å². The van der Waals surface area contributed by atoms with E-state index in [-0.39, 0.29) is 25.5 Å². The number of nitrogens with one attached hydrogen (secondary N) is 3. The maximum absolute atomic E-state index is 13.6. The summed E-state index contributed by atoms with van der Waals surface area (Å²) in [6, 6.07) is 10.2. The van der Waals surface area contributed by atoms with Gasteiger partial charge in [0.05, 0.1) is 19.7 Å². The van der Waals surface area contributed by atoms with Crippen LogP contribution in [0.4, 0.5) is 29.6 Å². The number of hydrogen-bond acceptors (Lipinski definition) is 7. The second kappa shape index (κ2) is 10.1. The number of aromatic amines is 1. The lowest BCUT2D eigenvalue weighted by molar-refractivity contribution is -0.131. The van der Waals surface area contributed by atoms with Crippen LogP contribution in [0.15, 0.2) is 48.7 Å². The van der Waals surface area contributed by atoms with E-state index in [4.69, 9.17) is 4.74 Å². The van der Waals surface area contributed by atoms with Gasteiger partial charge in [-0.05, 0) is 43.2 Å². The first-order chi connectivity index (χ1) is 17.8. The number of carbonyl (C=O) groups is 1. The molecule has 37 heavy (non-hydrogen) atoms. The van der Waals surface area contributed by atoms with Crippen molar-refractivity contribution < 1.29 is 22.7 Å². The van der Waals surface area contributed by atoms with E-state index in [0.29, 0.717) is 35.7 Å². The van der Waals surface area contributed by atoms with Crippen molar-refractivity contribution in [1.82, 2.24) is 35.0 Å². The number of anilines is 2. The van der Waals surface area contributed by atoms with Crippen LogP contribution in [0, 0.1) is 12.7 Å². The Morgan fingerprint density at radius 1 is 1.24 bits per heavy atom. The van der Waals surface area contributed by atoms with Crippen molar-refractivity contribution in [2.45, 2.75) is 25.3 Å². The molecule has 1 saturated heterocycles. The highest BCUT2D eigenvalue weighted by Gasteiger charge is 2.43. The lowest BCUT2D eigenvalue weighted by Gasteiger charge is -2.38. The number of carbonyl (C=O) groups excluding carboxylic acids is 1. The van der Waals surface area contributed by atoms with Crippen LogP contribution in [0.5, 0.6) is 0 Å². The predicted octanol–water partition coefficient (Wildman–Crippen LogP) is 3.80. The SMILES string of the molecule is Cc1cc(Nc2nc(C(NC(=O)OCCCN3CC(F)(F)C3)c3ccc(F)cc3)nn3cccc23)n[nH]1. The van der Waals surface area contributed by atoms with E-state index in [1.807, 2.05) is 19.1 Å². The smallest absolute Gasteiger partial charge is 0.407 e. The molecule has 1 atom stereocenters. The second-order valence-electron chi connectivity index (χ2n) is 8.90. The van der Waals surface area contributed by atoms with E-state index in [1.54, 1.807) is 21.7 Å². The minimum absolute atomic E-state index is 0.0485. The van der Waals surface area contributed by atoms with Crippen LogP contribution in [0.2, 0.25) is 0 Å². The molecule has 4 aromatic rings. The van der Waals surface area contributed by atoms with Crippen molar-refractivity contribution >= 4 is 23.2 Å². The van der Waals surface area contributed by atoms with Crippen LogP contribution in [-0.4, -0.2) is 68.0 Å². The van der Waals surface area contributed by atoms with Crippen molar-refractivity contribution in [2.24, 2.45) is 0 Å². The number of nitrogens with zero attached hydrogens (tertiary/aromatic N) is 5. The van der Waals surface area contributed by atoms with Crippen LogP contribution in [0.1, 0.15) is 29.5 Å². The monoisotopic (exact) mass is 514 g/mol. The standard InChI is InChI=1S/C24H25F3N8O2/c1-15-12-19(32-31-15)28-21-18-4-2-10-35(18)33-22(30-21)20(16-5-7-17(25)8-6-16)29-23(36)37-11-3-9-34-13-24(26,27)14-34/h2,4-8,10,12,20H,3,9,11,13-14H2,1H3,(H,29,36)(H2,28,30,31,32,33). The fourth-order valence-electron chi connectivity index (χ4n) is 4.10. The van der Waals surface area contributed by atoms with Crippen LogP contribution >= 0.6 is 0 Å². The summed E-state index contributed by atoms with van der Waals surface area (Å²) in [5.74, 6) is -1.83. The van der Waals surface area contributed by atoms with Gasteiger partial charge in [0.1, 0.15) is 17.4 Å². The summed E-state index contributed by atoms with van der Waals surface area (Å²) in [7, 11) is 0. The van der Waals surface area contributed by atoms with E-state index in [1.165, 1.54) is 24.3 Å². The molecule has 0 radical (unpaired) electrons. The third-order valence-electron chi connectivity index (χ3n) is 5.85. The third kappa shape index (κ3) is 5.82. The Kier molecular flexibility index (Phi) is 6.70. The van der Waals surface area contributed by atoms with Gasteiger partial charge in [-0.25, -0.2) is 27.5 Å². The molecule has 3 N–H and O–H groups in total. The lowest BCUT2D eigenvalue weighted by atomic mass is 10.1. The Balaban J connectivity index is 1.34. The van der Waals surface area contributed by atoms with Gasteiger partial charge in [0.15, 0.2) is 17.5 Å². The molecule has 0 bridgehead atoms. The van der Waals surface area contributed by atoms with Gasteiger partial charge in [0.25, 0.3) is 5.92 Å². The van der Waals surface area contributed by atoms with E-state index in [0.717, 1.165) is 5.69 Å². The Morgan fingerprint density at radius 3 is 2.73 bits per heavy atom. The first-order valence-corrected chi connectivity index (χ1v) is 11.7. The molecule has 5 rings (SSSR count). The highest BCUT2D eigenvalue weighted by molar-refractivity contribution is 5.72. The number of rotatable bonds is 9. The largest absolute Gasteiger partial charge is 0.449 e. The Morgan fingerprint density at radius 2 is 2.03 bits per heavy atom. The summed E-state index contributed by atoms with van der Waals surface area (Å²) in [5.41, 5.74) is 2.08. The molecular formula is C24H25F3N8O2. The predicted molar refractivity (Wildman–Crippen MR) is 128 cm³/mol. The first-order valence-electron chi connectivity index (χ1n) is 11.7. The maximum Gasteiger partial charge on any atom is 0.407 e. The van der Waals surface area contributed by atoms with E-state index < -0.39 is 23.9 Å². The van der Waals surface area contributed by atoms with Crippen molar-refractivity contribution in [3.05, 3.63) is 71.6 Å². The zero-order valence-corrected chi connectivity index (χ0v) is 19.9. The second-order valence-corrected chi connectivity index (χ2v) is 8.90. The Bertz CT molecular complexity index is 1380.